The molecule has 2 heterocycles. The Morgan fingerprint density at radius 1 is 1.50 bits per heavy atom. The first kappa shape index (κ1) is 17.4. The Morgan fingerprint density at radius 3 is 2.73 bits per heavy atom. The van der Waals surface area contributed by atoms with Gasteiger partial charge >= 0.3 is 0 Å². The lowest BCUT2D eigenvalue weighted by atomic mass is 9.79. The molecule has 1 atom stereocenters. The van der Waals surface area contributed by atoms with Crippen molar-refractivity contribution in [2.24, 2.45) is 11.1 Å². The minimum absolute atomic E-state index is 0.0218. The van der Waals surface area contributed by atoms with Crippen LogP contribution in [0.2, 0.25) is 0 Å². The number of carbonyl (C=O) groups excluding carboxylic acids is 2. The average Bonchev–Trinajstić information content (AvgIpc) is 2.87. The third-order valence-electron chi connectivity index (χ3n) is 4.17. The standard InChI is InChI=1S/C15H22BrN3O2S/c1-15(2)9-19(7-6-11(15)17)13(20)8-18(3)14(21)10-4-5-12(16)22-10/h4-5,11H,6-9,17H2,1-3H3. The molecule has 0 spiro atoms. The molecular weight excluding hydrogens is 366 g/mol. The van der Waals surface area contributed by atoms with Crippen LogP contribution in [0.1, 0.15) is 29.9 Å². The molecule has 0 radical (unpaired) electrons. The Kier molecular flexibility index (Phi) is 5.29. The van der Waals surface area contributed by atoms with E-state index in [2.05, 4.69) is 29.8 Å². The predicted molar refractivity (Wildman–Crippen MR) is 91.9 cm³/mol. The number of hydrogen-bond acceptors (Lipinski definition) is 4. The van der Waals surface area contributed by atoms with Crippen molar-refractivity contribution in [3.05, 3.63) is 20.8 Å². The number of nitrogens with two attached hydrogens (primary N) is 1. The van der Waals surface area contributed by atoms with Gasteiger partial charge < -0.3 is 15.5 Å². The van der Waals surface area contributed by atoms with E-state index in [1.807, 2.05) is 11.0 Å². The average molecular weight is 388 g/mol. The van der Waals surface area contributed by atoms with Gasteiger partial charge in [-0.1, -0.05) is 13.8 Å². The smallest absolute Gasteiger partial charge is 0.264 e. The van der Waals surface area contributed by atoms with Crippen LogP contribution in [0.5, 0.6) is 0 Å². The van der Waals surface area contributed by atoms with Crippen LogP contribution in [-0.4, -0.2) is 54.3 Å². The summed E-state index contributed by atoms with van der Waals surface area (Å²) in [6, 6.07) is 3.71. The van der Waals surface area contributed by atoms with Gasteiger partial charge in [0.1, 0.15) is 0 Å². The molecule has 1 unspecified atom stereocenters. The van der Waals surface area contributed by atoms with Crippen LogP contribution in [0.15, 0.2) is 15.9 Å². The minimum Gasteiger partial charge on any atom is -0.341 e. The zero-order chi connectivity index (χ0) is 16.5. The van der Waals surface area contributed by atoms with Crippen LogP contribution < -0.4 is 5.73 Å². The summed E-state index contributed by atoms with van der Waals surface area (Å²) >= 11 is 4.71. The van der Waals surface area contributed by atoms with Crippen LogP contribution in [0.25, 0.3) is 0 Å². The normalized spacial score (nSPS) is 20.8. The summed E-state index contributed by atoms with van der Waals surface area (Å²) in [5.41, 5.74) is 6.01. The molecule has 2 N–H and O–H groups in total. The van der Waals surface area contributed by atoms with Gasteiger partial charge in [0.2, 0.25) is 5.91 Å². The Bertz CT molecular complexity index is 573. The van der Waals surface area contributed by atoms with Gasteiger partial charge in [-0.15, -0.1) is 11.3 Å². The molecule has 1 aromatic rings. The number of piperidine rings is 1. The number of halogens is 1. The second-order valence-corrected chi connectivity index (χ2v) is 8.93. The number of nitrogens with zero attached hydrogens (tertiary/aromatic N) is 2. The molecule has 22 heavy (non-hydrogen) atoms. The molecule has 2 rings (SSSR count). The fraction of sp³-hybridized carbons (Fsp3) is 0.600. The third-order valence-corrected chi connectivity index (χ3v) is 5.78. The van der Waals surface area contributed by atoms with Crippen LogP contribution >= 0.6 is 27.3 Å². The summed E-state index contributed by atoms with van der Waals surface area (Å²) in [4.78, 5) is 28.6. The molecular formula is C15H22BrN3O2S. The Balaban J connectivity index is 1.95. The topological polar surface area (TPSA) is 66.6 Å². The van der Waals surface area contributed by atoms with Crippen molar-refractivity contribution in [2.45, 2.75) is 26.3 Å². The first-order valence-electron chi connectivity index (χ1n) is 7.25. The molecule has 122 valence electrons. The zero-order valence-electron chi connectivity index (χ0n) is 13.1. The molecule has 1 aromatic heterocycles. The number of hydrogen-bond donors (Lipinski definition) is 1. The molecule has 7 heteroatoms. The van der Waals surface area contributed by atoms with Crippen LogP contribution in [0, 0.1) is 5.41 Å². The molecule has 0 aromatic carbocycles. The van der Waals surface area contributed by atoms with E-state index in [4.69, 9.17) is 5.73 Å². The molecule has 1 aliphatic rings. The van der Waals surface area contributed by atoms with Crippen molar-refractivity contribution < 1.29 is 9.59 Å². The Hall–Kier alpha value is -0.920. The number of likely N-dealkylation sites (tertiary alicyclic amines) is 1. The molecule has 0 aliphatic carbocycles. The number of amides is 2. The lowest BCUT2D eigenvalue weighted by molar-refractivity contribution is -0.135. The molecule has 1 aliphatic heterocycles. The van der Waals surface area contributed by atoms with E-state index in [1.54, 1.807) is 13.1 Å². The van der Waals surface area contributed by atoms with E-state index in [0.717, 1.165) is 10.2 Å². The van der Waals surface area contributed by atoms with E-state index >= 15 is 0 Å². The van der Waals surface area contributed by atoms with Crippen LogP contribution in [0.3, 0.4) is 0 Å². The predicted octanol–water partition coefficient (Wildman–Crippen LogP) is 2.17. The SMILES string of the molecule is CN(CC(=O)N1CCC(N)C(C)(C)C1)C(=O)c1ccc(Br)s1. The molecule has 2 amide bonds. The van der Waals surface area contributed by atoms with E-state index in [1.165, 1.54) is 16.2 Å². The highest BCUT2D eigenvalue weighted by molar-refractivity contribution is 9.11. The van der Waals surface area contributed by atoms with E-state index in [0.29, 0.717) is 18.0 Å². The maximum absolute atomic E-state index is 12.4. The largest absolute Gasteiger partial charge is 0.341 e. The first-order chi connectivity index (χ1) is 10.2. The van der Waals surface area contributed by atoms with E-state index in [9.17, 15) is 9.59 Å². The number of rotatable bonds is 3. The van der Waals surface area contributed by atoms with Gasteiger partial charge in [-0.25, -0.2) is 0 Å². The van der Waals surface area contributed by atoms with Crippen LogP contribution in [0.4, 0.5) is 0 Å². The highest BCUT2D eigenvalue weighted by atomic mass is 79.9. The Morgan fingerprint density at radius 2 is 2.18 bits per heavy atom. The fourth-order valence-electron chi connectivity index (χ4n) is 2.58. The number of likely N-dealkylation sites (N-methyl/N-ethyl adjacent to an activating group) is 1. The minimum atomic E-state index is -0.128. The Labute approximate surface area is 143 Å². The lowest BCUT2D eigenvalue weighted by Gasteiger charge is -2.43. The molecule has 0 saturated carbocycles. The molecule has 5 nitrogen and oxygen atoms in total. The van der Waals surface area contributed by atoms with Crippen molar-refractivity contribution in [1.29, 1.82) is 0 Å². The number of carbonyl (C=O) groups is 2. The van der Waals surface area contributed by atoms with Gasteiger partial charge in [0.15, 0.2) is 0 Å². The molecule has 1 fully saturated rings. The van der Waals surface area contributed by atoms with Crippen molar-refractivity contribution in [1.82, 2.24) is 9.80 Å². The summed E-state index contributed by atoms with van der Waals surface area (Å²) in [5.74, 6) is -0.150. The van der Waals surface area contributed by atoms with Crippen molar-refractivity contribution in [3.63, 3.8) is 0 Å². The van der Waals surface area contributed by atoms with Gasteiger partial charge in [0.25, 0.3) is 5.91 Å². The summed E-state index contributed by atoms with van der Waals surface area (Å²) in [6.45, 7) is 5.56. The summed E-state index contributed by atoms with van der Waals surface area (Å²) in [5, 5.41) is 0. The highest BCUT2D eigenvalue weighted by Crippen LogP contribution is 2.28. The third kappa shape index (κ3) is 3.88. The van der Waals surface area contributed by atoms with Crippen LogP contribution in [-0.2, 0) is 4.79 Å². The summed E-state index contributed by atoms with van der Waals surface area (Å²) < 4.78 is 0.905. The quantitative estimate of drug-likeness (QED) is 0.863. The van der Waals surface area contributed by atoms with Gasteiger partial charge in [-0.3, -0.25) is 9.59 Å². The van der Waals surface area contributed by atoms with E-state index in [-0.39, 0.29) is 29.8 Å². The van der Waals surface area contributed by atoms with Crippen molar-refractivity contribution in [2.75, 3.05) is 26.7 Å². The monoisotopic (exact) mass is 387 g/mol. The number of thiophene rings is 1. The lowest BCUT2D eigenvalue weighted by Crippen LogP contribution is -2.55. The summed E-state index contributed by atoms with van der Waals surface area (Å²) in [7, 11) is 1.66. The van der Waals surface area contributed by atoms with Gasteiger partial charge in [-0.05, 0) is 39.9 Å². The first-order valence-corrected chi connectivity index (χ1v) is 8.86. The van der Waals surface area contributed by atoms with Gasteiger partial charge in [-0.2, -0.15) is 0 Å². The zero-order valence-corrected chi connectivity index (χ0v) is 15.5. The molecule has 1 saturated heterocycles. The highest BCUT2D eigenvalue weighted by Gasteiger charge is 2.35. The second-order valence-electron chi connectivity index (χ2n) is 6.46. The van der Waals surface area contributed by atoms with Gasteiger partial charge in [0.05, 0.1) is 15.2 Å². The maximum atomic E-state index is 12.4. The molecule has 0 bridgehead atoms. The van der Waals surface area contributed by atoms with Crippen molar-refractivity contribution >= 4 is 39.1 Å². The van der Waals surface area contributed by atoms with Gasteiger partial charge in [0, 0.05) is 26.2 Å². The maximum Gasteiger partial charge on any atom is 0.264 e. The fourth-order valence-corrected chi connectivity index (χ4v) is 3.96. The van der Waals surface area contributed by atoms with E-state index < -0.39 is 0 Å². The second kappa shape index (κ2) is 6.68. The van der Waals surface area contributed by atoms with Crippen molar-refractivity contribution in [3.8, 4) is 0 Å². The summed E-state index contributed by atoms with van der Waals surface area (Å²) in [6.07, 6.45) is 0.800.